The molecule has 1 aliphatic heterocycles. The maximum atomic E-state index is 12.4. The first-order valence-corrected chi connectivity index (χ1v) is 9.60. The molecule has 1 aromatic carbocycles. The van der Waals surface area contributed by atoms with Crippen molar-refractivity contribution in [3.05, 3.63) is 42.7 Å². The lowest BCUT2D eigenvalue weighted by Crippen LogP contribution is -2.48. The van der Waals surface area contributed by atoms with Gasteiger partial charge < -0.3 is 15.5 Å². The van der Waals surface area contributed by atoms with Crippen molar-refractivity contribution in [1.82, 2.24) is 20.0 Å². The summed E-state index contributed by atoms with van der Waals surface area (Å²) >= 11 is 0. The van der Waals surface area contributed by atoms with Crippen LogP contribution in [0.1, 0.15) is 25.7 Å². The van der Waals surface area contributed by atoms with Gasteiger partial charge in [0.25, 0.3) is 0 Å². The number of carbonyl (C=O) groups is 3. The van der Waals surface area contributed by atoms with Crippen molar-refractivity contribution in [3.8, 4) is 5.69 Å². The molecule has 28 heavy (non-hydrogen) atoms. The Balaban J connectivity index is 1.27. The Morgan fingerprint density at radius 1 is 1.11 bits per heavy atom. The molecule has 146 valence electrons. The Hall–Kier alpha value is -3.16. The van der Waals surface area contributed by atoms with Crippen molar-refractivity contribution >= 4 is 23.4 Å². The summed E-state index contributed by atoms with van der Waals surface area (Å²) in [4.78, 5) is 38.6. The molecule has 1 unspecified atom stereocenters. The van der Waals surface area contributed by atoms with Crippen LogP contribution < -0.4 is 10.6 Å². The maximum absolute atomic E-state index is 12.4. The zero-order valence-corrected chi connectivity index (χ0v) is 15.5. The minimum atomic E-state index is -0.450. The van der Waals surface area contributed by atoms with Crippen LogP contribution in [0.15, 0.2) is 42.7 Å². The lowest BCUT2D eigenvalue weighted by atomic mass is 10.2. The van der Waals surface area contributed by atoms with E-state index in [1.807, 2.05) is 24.4 Å². The molecule has 0 spiro atoms. The fourth-order valence-electron chi connectivity index (χ4n) is 3.48. The lowest BCUT2D eigenvalue weighted by molar-refractivity contribution is -0.139. The van der Waals surface area contributed by atoms with Gasteiger partial charge in [-0.3, -0.25) is 14.4 Å². The fraction of sp³-hybridized carbons (Fsp3) is 0.400. The minimum absolute atomic E-state index is 0.0828. The second kappa shape index (κ2) is 7.84. The van der Waals surface area contributed by atoms with Crippen LogP contribution in [-0.4, -0.2) is 51.5 Å². The van der Waals surface area contributed by atoms with Gasteiger partial charge in [-0.1, -0.05) is 0 Å². The first kappa shape index (κ1) is 18.2. The van der Waals surface area contributed by atoms with Crippen LogP contribution in [0.4, 0.5) is 5.69 Å². The van der Waals surface area contributed by atoms with E-state index in [9.17, 15) is 14.4 Å². The Labute approximate surface area is 162 Å². The highest BCUT2D eigenvalue weighted by Gasteiger charge is 2.40. The number of nitrogens with one attached hydrogen (secondary N) is 2. The maximum Gasteiger partial charge on any atom is 0.243 e. The number of aromatic nitrogens is 2. The number of nitrogens with zero attached hydrogens (tertiary/aromatic N) is 3. The van der Waals surface area contributed by atoms with E-state index >= 15 is 0 Å². The summed E-state index contributed by atoms with van der Waals surface area (Å²) < 4.78 is 1.72. The number of hydrogen-bond donors (Lipinski definition) is 2. The summed E-state index contributed by atoms with van der Waals surface area (Å²) in [7, 11) is 0. The Kier molecular flexibility index (Phi) is 5.10. The highest BCUT2D eigenvalue weighted by molar-refractivity contribution is 5.96. The summed E-state index contributed by atoms with van der Waals surface area (Å²) in [5, 5.41) is 9.57. The molecule has 2 N–H and O–H groups in total. The third-order valence-corrected chi connectivity index (χ3v) is 5.11. The number of carbonyl (C=O) groups excluding carboxylic acids is 3. The minimum Gasteiger partial charge on any atom is -0.345 e. The molecule has 2 aliphatic rings. The normalized spacial score (nSPS) is 18.7. The quantitative estimate of drug-likeness (QED) is 0.789. The van der Waals surface area contributed by atoms with E-state index in [0.717, 1.165) is 24.9 Å². The smallest absolute Gasteiger partial charge is 0.243 e. The van der Waals surface area contributed by atoms with Gasteiger partial charge >= 0.3 is 0 Å². The first-order chi connectivity index (χ1) is 13.6. The standard InChI is InChI=1S/C20H23N5O3/c26-18(23-15-6-8-16(9-7-15)25-12-2-10-22-25)13-21-19(27)17-3-1-11-24(17)20(28)14-4-5-14/h2,6-10,12,14,17H,1,3-5,11,13H2,(H,21,27)(H,23,26). The SMILES string of the molecule is O=C(CNC(=O)C1CCCN1C(=O)C1CC1)Nc1ccc(-n2cccn2)cc1. The van der Waals surface area contributed by atoms with Crippen molar-refractivity contribution in [2.24, 2.45) is 5.92 Å². The molecule has 8 heteroatoms. The van der Waals surface area contributed by atoms with E-state index in [1.54, 1.807) is 27.9 Å². The van der Waals surface area contributed by atoms with Gasteiger partial charge in [-0.2, -0.15) is 5.10 Å². The average molecular weight is 381 g/mol. The third-order valence-electron chi connectivity index (χ3n) is 5.11. The van der Waals surface area contributed by atoms with Crippen molar-refractivity contribution in [1.29, 1.82) is 0 Å². The Morgan fingerprint density at radius 3 is 2.57 bits per heavy atom. The largest absolute Gasteiger partial charge is 0.345 e. The van der Waals surface area contributed by atoms with Crippen LogP contribution in [0.5, 0.6) is 0 Å². The number of anilines is 1. The molecule has 4 rings (SSSR count). The molecule has 0 bridgehead atoms. The molecule has 1 aliphatic carbocycles. The number of rotatable bonds is 6. The van der Waals surface area contributed by atoms with E-state index in [1.165, 1.54) is 0 Å². The zero-order valence-electron chi connectivity index (χ0n) is 15.5. The molecule has 0 radical (unpaired) electrons. The van der Waals surface area contributed by atoms with E-state index in [-0.39, 0.29) is 30.2 Å². The molecule has 2 heterocycles. The van der Waals surface area contributed by atoms with Gasteiger partial charge in [0, 0.05) is 30.5 Å². The zero-order chi connectivity index (χ0) is 19.5. The molecular formula is C20H23N5O3. The number of amides is 3. The molecule has 2 fully saturated rings. The van der Waals surface area contributed by atoms with Crippen LogP contribution >= 0.6 is 0 Å². The molecule has 8 nitrogen and oxygen atoms in total. The fourth-order valence-corrected chi connectivity index (χ4v) is 3.48. The molecule has 1 aromatic heterocycles. The Bertz CT molecular complexity index is 858. The van der Waals surface area contributed by atoms with Crippen LogP contribution in [0, 0.1) is 5.92 Å². The van der Waals surface area contributed by atoms with Gasteiger partial charge in [0.2, 0.25) is 17.7 Å². The number of benzene rings is 1. The Morgan fingerprint density at radius 2 is 1.89 bits per heavy atom. The second-order valence-electron chi connectivity index (χ2n) is 7.23. The van der Waals surface area contributed by atoms with Crippen molar-refractivity contribution in [2.75, 3.05) is 18.4 Å². The average Bonchev–Trinajstić information content (AvgIpc) is 3.19. The van der Waals surface area contributed by atoms with Crippen LogP contribution in [0.25, 0.3) is 5.69 Å². The molecular weight excluding hydrogens is 358 g/mol. The monoisotopic (exact) mass is 381 g/mol. The predicted octanol–water partition coefficient (Wildman–Crippen LogP) is 1.33. The highest BCUT2D eigenvalue weighted by atomic mass is 16.2. The van der Waals surface area contributed by atoms with Crippen molar-refractivity contribution in [3.63, 3.8) is 0 Å². The lowest BCUT2D eigenvalue weighted by Gasteiger charge is -2.23. The molecule has 3 amide bonds. The van der Waals surface area contributed by atoms with Gasteiger partial charge in [-0.15, -0.1) is 0 Å². The summed E-state index contributed by atoms with van der Waals surface area (Å²) in [5.41, 5.74) is 1.53. The van der Waals surface area contributed by atoms with E-state index < -0.39 is 6.04 Å². The topological polar surface area (TPSA) is 96.3 Å². The predicted molar refractivity (Wildman–Crippen MR) is 103 cm³/mol. The van der Waals surface area contributed by atoms with Gasteiger partial charge in [-0.25, -0.2) is 4.68 Å². The molecule has 1 saturated carbocycles. The highest BCUT2D eigenvalue weighted by Crippen LogP contribution is 2.33. The van der Waals surface area contributed by atoms with Gasteiger partial charge in [0.1, 0.15) is 6.04 Å². The van der Waals surface area contributed by atoms with Crippen LogP contribution in [-0.2, 0) is 14.4 Å². The van der Waals surface area contributed by atoms with E-state index in [0.29, 0.717) is 18.7 Å². The summed E-state index contributed by atoms with van der Waals surface area (Å²) in [5.74, 6) is -0.380. The molecule has 1 saturated heterocycles. The second-order valence-corrected chi connectivity index (χ2v) is 7.23. The van der Waals surface area contributed by atoms with Gasteiger partial charge in [-0.05, 0) is 56.0 Å². The molecule has 1 atom stereocenters. The summed E-state index contributed by atoms with van der Waals surface area (Å²) in [6.45, 7) is 0.504. The van der Waals surface area contributed by atoms with Crippen LogP contribution in [0.3, 0.4) is 0 Å². The van der Waals surface area contributed by atoms with Gasteiger partial charge in [0.15, 0.2) is 0 Å². The third kappa shape index (κ3) is 4.05. The summed E-state index contributed by atoms with van der Waals surface area (Å²) in [6.07, 6.45) is 6.86. The summed E-state index contributed by atoms with van der Waals surface area (Å²) in [6, 6.07) is 8.65. The number of hydrogen-bond acceptors (Lipinski definition) is 4. The molecule has 2 aromatic rings. The van der Waals surface area contributed by atoms with Gasteiger partial charge in [0.05, 0.1) is 12.2 Å². The van der Waals surface area contributed by atoms with E-state index in [2.05, 4.69) is 15.7 Å². The first-order valence-electron chi connectivity index (χ1n) is 9.60. The van der Waals surface area contributed by atoms with Crippen molar-refractivity contribution in [2.45, 2.75) is 31.7 Å². The van der Waals surface area contributed by atoms with Crippen molar-refractivity contribution < 1.29 is 14.4 Å². The van der Waals surface area contributed by atoms with Crippen LogP contribution in [0.2, 0.25) is 0 Å². The number of likely N-dealkylation sites (tertiary alicyclic amines) is 1. The van der Waals surface area contributed by atoms with E-state index in [4.69, 9.17) is 0 Å².